The highest BCUT2D eigenvalue weighted by atomic mass is 16.6. The zero-order valence-corrected chi connectivity index (χ0v) is 16.5. The molecule has 3 aromatic rings. The monoisotopic (exact) mass is 392 g/mol. The number of ether oxygens (including phenoxy) is 2. The van der Waals surface area contributed by atoms with Crippen LogP contribution in [0, 0.1) is 0 Å². The first-order chi connectivity index (χ1) is 14.1. The molecule has 0 amide bonds. The molecule has 0 bridgehead atoms. The average molecular weight is 392 g/mol. The van der Waals surface area contributed by atoms with Crippen LogP contribution in [-0.4, -0.2) is 40.1 Å². The third kappa shape index (κ3) is 4.55. The standard InChI is InChI=1S/C21H24N6O2/c1-14(27(2)13-15-8-9-17-18(12-15)29-11-10-28-17)19-24-20(22)26-21(25-19)23-16-6-4-3-5-7-16/h3-9,12,14H,10-11,13H2,1-2H3,(H3,22,23,24,25,26). The van der Waals surface area contributed by atoms with E-state index in [1.165, 1.54) is 0 Å². The Morgan fingerprint density at radius 2 is 1.79 bits per heavy atom. The fraction of sp³-hybridized carbons (Fsp3) is 0.286. The van der Waals surface area contributed by atoms with E-state index in [0.29, 0.717) is 31.5 Å². The smallest absolute Gasteiger partial charge is 0.232 e. The largest absolute Gasteiger partial charge is 0.486 e. The summed E-state index contributed by atoms with van der Waals surface area (Å²) in [7, 11) is 2.02. The van der Waals surface area contributed by atoms with Gasteiger partial charge in [0.25, 0.3) is 0 Å². The minimum absolute atomic E-state index is 0.0650. The van der Waals surface area contributed by atoms with Gasteiger partial charge in [0.05, 0.1) is 6.04 Å². The van der Waals surface area contributed by atoms with Crippen LogP contribution in [0.15, 0.2) is 48.5 Å². The molecule has 1 aromatic heterocycles. The average Bonchev–Trinajstić information content (AvgIpc) is 2.73. The molecule has 2 aromatic carbocycles. The molecule has 150 valence electrons. The molecule has 2 heterocycles. The van der Waals surface area contributed by atoms with E-state index in [9.17, 15) is 0 Å². The van der Waals surface area contributed by atoms with Crippen molar-refractivity contribution in [3.63, 3.8) is 0 Å². The summed E-state index contributed by atoms with van der Waals surface area (Å²) in [6.45, 7) is 3.90. The van der Waals surface area contributed by atoms with Crippen molar-refractivity contribution < 1.29 is 9.47 Å². The predicted octanol–water partition coefficient (Wildman–Crippen LogP) is 3.16. The van der Waals surface area contributed by atoms with Gasteiger partial charge in [0.2, 0.25) is 11.9 Å². The van der Waals surface area contributed by atoms with Crippen LogP contribution in [0.1, 0.15) is 24.4 Å². The van der Waals surface area contributed by atoms with Crippen molar-refractivity contribution in [2.24, 2.45) is 0 Å². The van der Waals surface area contributed by atoms with E-state index in [2.05, 4.69) is 25.2 Å². The van der Waals surface area contributed by atoms with E-state index < -0.39 is 0 Å². The maximum atomic E-state index is 5.93. The summed E-state index contributed by atoms with van der Waals surface area (Å²) in [5, 5.41) is 3.17. The highest BCUT2D eigenvalue weighted by Gasteiger charge is 2.19. The summed E-state index contributed by atoms with van der Waals surface area (Å²) >= 11 is 0. The van der Waals surface area contributed by atoms with E-state index in [4.69, 9.17) is 15.2 Å². The van der Waals surface area contributed by atoms with Gasteiger partial charge in [-0.05, 0) is 43.8 Å². The molecule has 4 rings (SSSR count). The van der Waals surface area contributed by atoms with Gasteiger partial charge in [0.15, 0.2) is 17.3 Å². The molecule has 0 saturated heterocycles. The van der Waals surface area contributed by atoms with Gasteiger partial charge in [-0.3, -0.25) is 4.90 Å². The molecule has 8 heteroatoms. The van der Waals surface area contributed by atoms with E-state index in [1.54, 1.807) is 0 Å². The number of nitrogens with one attached hydrogen (secondary N) is 1. The normalized spacial score (nSPS) is 13.9. The fourth-order valence-electron chi connectivity index (χ4n) is 3.11. The Hall–Kier alpha value is -3.39. The molecule has 0 fully saturated rings. The second-order valence-electron chi connectivity index (χ2n) is 6.94. The van der Waals surface area contributed by atoms with Crippen LogP contribution in [-0.2, 0) is 6.54 Å². The van der Waals surface area contributed by atoms with Crippen LogP contribution in [0.5, 0.6) is 11.5 Å². The molecule has 8 nitrogen and oxygen atoms in total. The lowest BCUT2D eigenvalue weighted by Crippen LogP contribution is -2.25. The maximum Gasteiger partial charge on any atom is 0.232 e. The zero-order chi connectivity index (χ0) is 20.2. The van der Waals surface area contributed by atoms with Gasteiger partial charge in [-0.2, -0.15) is 15.0 Å². The van der Waals surface area contributed by atoms with Gasteiger partial charge < -0.3 is 20.5 Å². The van der Waals surface area contributed by atoms with Crippen LogP contribution in [0.2, 0.25) is 0 Å². The van der Waals surface area contributed by atoms with Crippen molar-refractivity contribution in [3.8, 4) is 11.5 Å². The number of hydrogen-bond acceptors (Lipinski definition) is 8. The van der Waals surface area contributed by atoms with Crippen LogP contribution >= 0.6 is 0 Å². The van der Waals surface area contributed by atoms with Gasteiger partial charge in [-0.25, -0.2) is 0 Å². The number of rotatable bonds is 6. The summed E-state index contributed by atoms with van der Waals surface area (Å²) in [6.07, 6.45) is 0. The molecule has 1 atom stereocenters. The topological polar surface area (TPSA) is 98.4 Å². The summed E-state index contributed by atoms with van der Waals surface area (Å²) in [4.78, 5) is 15.2. The van der Waals surface area contributed by atoms with Crippen molar-refractivity contribution in [1.82, 2.24) is 19.9 Å². The van der Waals surface area contributed by atoms with Gasteiger partial charge >= 0.3 is 0 Å². The quantitative estimate of drug-likeness (QED) is 0.660. The molecule has 1 aliphatic heterocycles. The molecule has 1 unspecified atom stereocenters. The summed E-state index contributed by atoms with van der Waals surface area (Å²) in [5.41, 5.74) is 7.94. The fourth-order valence-corrected chi connectivity index (χ4v) is 3.11. The van der Waals surface area contributed by atoms with E-state index in [-0.39, 0.29) is 12.0 Å². The second kappa shape index (κ2) is 8.32. The molecule has 3 N–H and O–H groups in total. The van der Waals surface area contributed by atoms with Crippen LogP contribution in [0.4, 0.5) is 17.6 Å². The Balaban J connectivity index is 1.49. The Morgan fingerprint density at radius 3 is 2.59 bits per heavy atom. The summed E-state index contributed by atoms with van der Waals surface area (Å²) in [5.74, 6) is 2.80. The maximum absolute atomic E-state index is 5.93. The lowest BCUT2D eigenvalue weighted by atomic mass is 10.1. The molecule has 0 radical (unpaired) electrons. The summed E-state index contributed by atoms with van der Waals surface area (Å²) < 4.78 is 11.3. The van der Waals surface area contributed by atoms with Crippen LogP contribution in [0.3, 0.4) is 0 Å². The Labute approximate surface area is 169 Å². The predicted molar refractivity (Wildman–Crippen MR) is 111 cm³/mol. The number of fused-ring (bicyclic) bond motifs is 1. The minimum Gasteiger partial charge on any atom is -0.486 e. The molecule has 0 saturated carbocycles. The van der Waals surface area contributed by atoms with E-state index in [0.717, 1.165) is 22.7 Å². The second-order valence-corrected chi connectivity index (χ2v) is 6.94. The molecule has 0 spiro atoms. The van der Waals surface area contributed by atoms with Gasteiger partial charge in [-0.1, -0.05) is 24.3 Å². The summed E-state index contributed by atoms with van der Waals surface area (Å²) in [6, 6.07) is 15.7. The first-order valence-corrected chi connectivity index (χ1v) is 9.51. The zero-order valence-electron chi connectivity index (χ0n) is 16.5. The number of nitrogens with zero attached hydrogens (tertiary/aromatic N) is 4. The van der Waals surface area contributed by atoms with Gasteiger partial charge in [-0.15, -0.1) is 0 Å². The minimum atomic E-state index is -0.0650. The number of hydrogen-bond donors (Lipinski definition) is 2. The Morgan fingerprint density at radius 1 is 1.03 bits per heavy atom. The van der Waals surface area contributed by atoms with Crippen LogP contribution < -0.4 is 20.5 Å². The number of anilines is 3. The first kappa shape index (κ1) is 18.9. The number of nitrogen functional groups attached to an aromatic ring is 1. The van der Waals surface area contributed by atoms with Crippen molar-refractivity contribution in [3.05, 3.63) is 59.9 Å². The number of nitrogens with two attached hydrogens (primary N) is 1. The lowest BCUT2D eigenvalue weighted by molar-refractivity contribution is 0.171. The van der Waals surface area contributed by atoms with Crippen LogP contribution in [0.25, 0.3) is 0 Å². The van der Waals surface area contributed by atoms with E-state index >= 15 is 0 Å². The molecule has 29 heavy (non-hydrogen) atoms. The van der Waals surface area contributed by atoms with Crippen molar-refractivity contribution in [2.75, 3.05) is 31.3 Å². The number of benzene rings is 2. The third-order valence-electron chi connectivity index (χ3n) is 4.77. The lowest BCUT2D eigenvalue weighted by Gasteiger charge is -2.25. The first-order valence-electron chi connectivity index (χ1n) is 9.51. The van der Waals surface area contributed by atoms with Crippen molar-refractivity contribution >= 4 is 17.6 Å². The molecular weight excluding hydrogens is 368 g/mol. The SMILES string of the molecule is CC(c1nc(N)nc(Nc2ccccc2)n1)N(C)Cc1ccc2c(c1)OCCO2. The molecule has 1 aliphatic rings. The third-order valence-corrected chi connectivity index (χ3v) is 4.77. The Kier molecular flexibility index (Phi) is 5.44. The van der Waals surface area contributed by atoms with Gasteiger partial charge in [0, 0.05) is 12.2 Å². The molecule has 0 aliphatic carbocycles. The van der Waals surface area contributed by atoms with Crippen molar-refractivity contribution in [1.29, 1.82) is 0 Å². The number of aromatic nitrogens is 3. The highest BCUT2D eigenvalue weighted by Crippen LogP contribution is 2.31. The molecular formula is C21H24N6O2. The van der Waals surface area contributed by atoms with Crippen molar-refractivity contribution in [2.45, 2.75) is 19.5 Å². The van der Waals surface area contributed by atoms with E-state index in [1.807, 2.05) is 62.5 Å². The highest BCUT2D eigenvalue weighted by molar-refractivity contribution is 5.53. The number of para-hydroxylation sites is 1. The Bertz CT molecular complexity index is 982. The van der Waals surface area contributed by atoms with Gasteiger partial charge in [0.1, 0.15) is 13.2 Å².